The highest BCUT2D eigenvalue weighted by atomic mass is 16.5. The third-order valence-electron chi connectivity index (χ3n) is 4.78. The number of aryl methyl sites for hydroxylation is 1. The zero-order valence-electron chi connectivity index (χ0n) is 14.9. The molecule has 0 aliphatic carbocycles. The van der Waals surface area contributed by atoms with Gasteiger partial charge in [-0.25, -0.2) is 4.98 Å². The van der Waals surface area contributed by atoms with Crippen LogP contribution in [0.3, 0.4) is 0 Å². The maximum absolute atomic E-state index is 12.5. The predicted molar refractivity (Wildman–Crippen MR) is 102 cm³/mol. The molecule has 1 fully saturated rings. The second-order valence-electron chi connectivity index (χ2n) is 6.82. The summed E-state index contributed by atoms with van der Waals surface area (Å²) in [6, 6.07) is 16.2. The number of nitrogens with zero attached hydrogens (tertiary/aromatic N) is 2. The Morgan fingerprint density at radius 2 is 2.15 bits per heavy atom. The van der Waals surface area contributed by atoms with E-state index in [2.05, 4.69) is 24.4 Å². The normalized spacial score (nSPS) is 16.9. The van der Waals surface area contributed by atoms with Crippen LogP contribution >= 0.6 is 0 Å². The molecule has 5 heteroatoms. The minimum atomic E-state index is -0.0162. The molecule has 2 heterocycles. The molecule has 0 radical (unpaired) electrons. The zero-order valence-corrected chi connectivity index (χ0v) is 14.9. The summed E-state index contributed by atoms with van der Waals surface area (Å²) >= 11 is 0. The van der Waals surface area contributed by atoms with Crippen LogP contribution in [0.15, 0.2) is 48.5 Å². The van der Waals surface area contributed by atoms with Crippen molar-refractivity contribution < 1.29 is 9.53 Å². The summed E-state index contributed by atoms with van der Waals surface area (Å²) in [5.41, 5.74) is 4.06. The number of para-hydroxylation sites is 2. The number of nitrogens with one attached hydrogen (secondary N) is 1. The Hall–Kier alpha value is -2.66. The summed E-state index contributed by atoms with van der Waals surface area (Å²) < 4.78 is 7.58. The second kappa shape index (κ2) is 7.30. The van der Waals surface area contributed by atoms with E-state index in [1.54, 1.807) is 0 Å². The van der Waals surface area contributed by atoms with E-state index >= 15 is 0 Å². The highest BCUT2D eigenvalue weighted by Crippen LogP contribution is 2.25. The first kappa shape index (κ1) is 16.8. The SMILES string of the molecule is Cc1cccc(-c2nc3ccccc3n2CC(=O)NCC2CCCO2)c1. The molecule has 1 saturated heterocycles. The lowest BCUT2D eigenvalue weighted by Gasteiger charge is -2.13. The van der Waals surface area contributed by atoms with E-state index in [1.807, 2.05) is 41.0 Å². The molecule has 1 aliphatic heterocycles. The van der Waals surface area contributed by atoms with E-state index in [4.69, 9.17) is 9.72 Å². The van der Waals surface area contributed by atoms with Crippen molar-refractivity contribution in [1.82, 2.24) is 14.9 Å². The monoisotopic (exact) mass is 349 g/mol. The van der Waals surface area contributed by atoms with Crippen molar-refractivity contribution in [2.24, 2.45) is 0 Å². The molecule has 1 amide bonds. The minimum absolute atomic E-state index is 0.0162. The van der Waals surface area contributed by atoms with Gasteiger partial charge in [-0.1, -0.05) is 35.9 Å². The molecule has 134 valence electrons. The van der Waals surface area contributed by atoms with Crippen LogP contribution < -0.4 is 5.32 Å². The maximum Gasteiger partial charge on any atom is 0.240 e. The van der Waals surface area contributed by atoms with Crippen molar-refractivity contribution >= 4 is 16.9 Å². The number of fused-ring (bicyclic) bond motifs is 1. The first-order valence-electron chi connectivity index (χ1n) is 9.11. The van der Waals surface area contributed by atoms with Gasteiger partial charge in [0.05, 0.1) is 17.1 Å². The van der Waals surface area contributed by atoms with Gasteiger partial charge in [-0.2, -0.15) is 0 Å². The number of ether oxygens (including phenoxy) is 1. The number of amides is 1. The molecular weight excluding hydrogens is 326 g/mol. The van der Waals surface area contributed by atoms with Gasteiger partial charge in [0, 0.05) is 18.7 Å². The van der Waals surface area contributed by atoms with Crippen molar-refractivity contribution in [3.63, 3.8) is 0 Å². The van der Waals surface area contributed by atoms with Gasteiger partial charge in [0.1, 0.15) is 12.4 Å². The number of hydrogen-bond donors (Lipinski definition) is 1. The third kappa shape index (κ3) is 3.48. The lowest BCUT2D eigenvalue weighted by atomic mass is 10.1. The zero-order chi connectivity index (χ0) is 17.9. The number of carbonyl (C=O) groups is 1. The summed E-state index contributed by atoms with van der Waals surface area (Å²) in [6.07, 6.45) is 2.24. The van der Waals surface area contributed by atoms with Gasteiger partial charge >= 0.3 is 0 Å². The Morgan fingerprint density at radius 3 is 2.96 bits per heavy atom. The number of imidazole rings is 1. The van der Waals surface area contributed by atoms with Crippen LogP contribution in [-0.4, -0.2) is 34.7 Å². The molecule has 1 atom stereocenters. The van der Waals surface area contributed by atoms with Gasteiger partial charge in [0.15, 0.2) is 0 Å². The van der Waals surface area contributed by atoms with Crippen molar-refractivity contribution in [3.8, 4) is 11.4 Å². The quantitative estimate of drug-likeness (QED) is 0.769. The lowest BCUT2D eigenvalue weighted by Crippen LogP contribution is -2.34. The molecule has 3 aromatic rings. The Morgan fingerprint density at radius 1 is 1.27 bits per heavy atom. The molecule has 5 nitrogen and oxygen atoms in total. The van der Waals surface area contributed by atoms with Crippen LogP contribution in [0.4, 0.5) is 0 Å². The summed E-state index contributed by atoms with van der Waals surface area (Å²) in [6.45, 7) is 3.68. The predicted octanol–water partition coefficient (Wildman–Crippen LogP) is 3.31. The van der Waals surface area contributed by atoms with Crippen molar-refractivity contribution in [1.29, 1.82) is 0 Å². The molecule has 1 unspecified atom stereocenters. The smallest absolute Gasteiger partial charge is 0.240 e. The Labute approximate surface area is 153 Å². The molecule has 0 saturated carbocycles. The van der Waals surface area contributed by atoms with Crippen LogP contribution in [0, 0.1) is 6.92 Å². The Bertz CT molecular complexity index is 926. The lowest BCUT2D eigenvalue weighted by molar-refractivity contribution is -0.122. The number of aromatic nitrogens is 2. The van der Waals surface area contributed by atoms with Gasteiger partial charge < -0.3 is 14.6 Å². The van der Waals surface area contributed by atoms with Gasteiger partial charge in [0.25, 0.3) is 0 Å². The molecular formula is C21H23N3O2. The summed E-state index contributed by atoms with van der Waals surface area (Å²) in [5, 5.41) is 3.01. The number of rotatable bonds is 5. The fraction of sp³-hybridized carbons (Fsp3) is 0.333. The largest absolute Gasteiger partial charge is 0.376 e. The summed E-state index contributed by atoms with van der Waals surface area (Å²) in [4.78, 5) is 17.3. The first-order chi connectivity index (χ1) is 12.7. The van der Waals surface area contributed by atoms with Crippen molar-refractivity contribution in [2.75, 3.05) is 13.2 Å². The highest BCUT2D eigenvalue weighted by molar-refractivity contribution is 5.84. The van der Waals surface area contributed by atoms with Crippen LogP contribution in [0.25, 0.3) is 22.4 Å². The number of benzene rings is 2. The van der Waals surface area contributed by atoms with Gasteiger partial charge in [-0.15, -0.1) is 0 Å². The number of hydrogen-bond acceptors (Lipinski definition) is 3. The summed E-state index contributed by atoms with van der Waals surface area (Å²) in [5.74, 6) is 0.805. The highest BCUT2D eigenvalue weighted by Gasteiger charge is 2.18. The van der Waals surface area contributed by atoms with E-state index in [1.165, 1.54) is 5.56 Å². The standard InChI is InChI=1S/C21H23N3O2/c1-15-6-4-7-16(12-15)21-23-18-9-2-3-10-19(18)24(21)14-20(25)22-13-17-8-5-11-26-17/h2-4,6-7,9-10,12,17H,5,8,11,13-14H2,1H3,(H,22,25). The van der Waals surface area contributed by atoms with Gasteiger partial charge in [0.2, 0.25) is 5.91 Å². The second-order valence-corrected chi connectivity index (χ2v) is 6.82. The van der Waals surface area contributed by atoms with E-state index in [0.717, 1.165) is 41.9 Å². The minimum Gasteiger partial charge on any atom is -0.376 e. The molecule has 1 N–H and O–H groups in total. The fourth-order valence-corrected chi connectivity index (χ4v) is 3.47. The molecule has 2 aromatic carbocycles. The average Bonchev–Trinajstić information content (AvgIpc) is 3.28. The van der Waals surface area contributed by atoms with Gasteiger partial charge in [-0.05, 0) is 38.0 Å². The maximum atomic E-state index is 12.5. The fourth-order valence-electron chi connectivity index (χ4n) is 3.47. The Balaban J connectivity index is 1.62. The van der Waals surface area contributed by atoms with Crippen LogP contribution in [0.2, 0.25) is 0 Å². The van der Waals surface area contributed by atoms with E-state index in [-0.39, 0.29) is 18.6 Å². The van der Waals surface area contributed by atoms with Crippen molar-refractivity contribution in [2.45, 2.75) is 32.4 Å². The first-order valence-corrected chi connectivity index (χ1v) is 9.11. The van der Waals surface area contributed by atoms with Crippen LogP contribution in [0.1, 0.15) is 18.4 Å². The topological polar surface area (TPSA) is 56.2 Å². The van der Waals surface area contributed by atoms with Crippen LogP contribution in [-0.2, 0) is 16.1 Å². The van der Waals surface area contributed by atoms with E-state index < -0.39 is 0 Å². The van der Waals surface area contributed by atoms with Crippen LogP contribution in [0.5, 0.6) is 0 Å². The molecule has 4 rings (SSSR count). The molecule has 0 spiro atoms. The molecule has 1 aliphatic rings. The third-order valence-corrected chi connectivity index (χ3v) is 4.78. The molecule has 26 heavy (non-hydrogen) atoms. The van der Waals surface area contributed by atoms with E-state index in [0.29, 0.717) is 6.54 Å². The van der Waals surface area contributed by atoms with Crippen molar-refractivity contribution in [3.05, 3.63) is 54.1 Å². The van der Waals surface area contributed by atoms with E-state index in [9.17, 15) is 4.79 Å². The summed E-state index contributed by atoms with van der Waals surface area (Å²) in [7, 11) is 0. The molecule has 0 bridgehead atoms. The Kier molecular flexibility index (Phi) is 4.71. The van der Waals surface area contributed by atoms with Gasteiger partial charge in [-0.3, -0.25) is 4.79 Å². The molecule has 1 aromatic heterocycles. The average molecular weight is 349 g/mol. The number of carbonyl (C=O) groups excluding carboxylic acids is 1.